The van der Waals surface area contributed by atoms with E-state index in [2.05, 4.69) is 5.32 Å². The van der Waals surface area contributed by atoms with Gasteiger partial charge in [-0.15, -0.1) is 0 Å². The van der Waals surface area contributed by atoms with Crippen molar-refractivity contribution in [3.8, 4) is 11.5 Å². The van der Waals surface area contributed by atoms with Crippen molar-refractivity contribution in [3.05, 3.63) is 23.8 Å². The summed E-state index contributed by atoms with van der Waals surface area (Å²) in [6, 6.07) is 5.35. The summed E-state index contributed by atoms with van der Waals surface area (Å²) >= 11 is 0. The van der Waals surface area contributed by atoms with Crippen molar-refractivity contribution in [1.29, 1.82) is 0 Å². The van der Waals surface area contributed by atoms with E-state index < -0.39 is 0 Å². The average Bonchev–Trinajstić information content (AvgIpc) is 2.38. The number of carbonyl (C=O) groups is 1. The van der Waals surface area contributed by atoms with E-state index in [-0.39, 0.29) is 18.4 Å². The van der Waals surface area contributed by atoms with Crippen molar-refractivity contribution >= 4 is 5.91 Å². The van der Waals surface area contributed by atoms with E-state index >= 15 is 0 Å². The third-order valence-electron chi connectivity index (χ3n) is 2.61. The van der Waals surface area contributed by atoms with Gasteiger partial charge in [0.25, 0.3) is 0 Å². The van der Waals surface area contributed by atoms with Crippen LogP contribution in [-0.4, -0.2) is 33.7 Å². The van der Waals surface area contributed by atoms with E-state index in [0.717, 1.165) is 5.56 Å². The number of hydrogen-bond donors (Lipinski definition) is 2. The standard InChI is InChI=1S/C12H18N2O3/c1-14-12(15)9(7-13)8-4-5-10(16-2)11(6-8)17-3/h4-6,9H,7,13H2,1-3H3,(H,14,15). The number of methoxy groups -OCH3 is 2. The molecule has 1 amide bonds. The summed E-state index contributed by atoms with van der Waals surface area (Å²) in [6.45, 7) is 0.245. The maximum Gasteiger partial charge on any atom is 0.228 e. The first-order chi connectivity index (χ1) is 8.17. The van der Waals surface area contributed by atoms with Crippen molar-refractivity contribution in [2.24, 2.45) is 5.73 Å². The quantitative estimate of drug-likeness (QED) is 0.783. The number of carbonyl (C=O) groups excluding carboxylic acids is 1. The molecule has 1 unspecified atom stereocenters. The van der Waals surface area contributed by atoms with Gasteiger partial charge in [0.1, 0.15) is 0 Å². The Morgan fingerprint density at radius 3 is 2.47 bits per heavy atom. The molecular weight excluding hydrogens is 220 g/mol. The number of ether oxygens (including phenoxy) is 2. The molecule has 0 saturated carbocycles. The van der Waals surface area contributed by atoms with Gasteiger partial charge in [-0.3, -0.25) is 4.79 Å². The van der Waals surface area contributed by atoms with Gasteiger partial charge in [-0.1, -0.05) is 6.07 Å². The Morgan fingerprint density at radius 1 is 1.35 bits per heavy atom. The van der Waals surface area contributed by atoms with Gasteiger partial charge in [-0.05, 0) is 17.7 Å². The molecule has 94 valence electrons. The highest BCUT2D eigenvalue weighted by Gasteiger charge is 2.19. The van der Waals surface area contributed by atoms with Gasteiger partial charge in [0, 0.05) is 13.6 Å². The van der Waals surface area contributed by atoms with Crippen LogP contribution in [0.5, 0.6) is 11.5 Å². The van der Waals surface area contributed by atoms with Crippen LogP contribution >= 0.6 is 0 Å². The average molecular weight is 238 g/mol. The number of likely N-dealkylation sites (N-methyl/N-ethyl adjacent to an activating group) is 1. The molecule has 0 heterocycles. The first kappa shape index (κ1) is 13.3. The van der Waals surface area contributed by atoms with Crippen LogP contribution in [0.2, 0.25) is 0 Å². The molecule has 0 bridgehead atoms. The van der Waals surface area contributed by atoms with Gasteiger partial charge in [0.05, 0.1) is 20.1 Å². The highest BCUT2D eigenvalue weighted by Crippen LogP contribution is 2.30. The summed E-state index contributed by atoms with van der Waals surface area (Å²) in [5, 5.41) is 2.59. The van der Waals surface area contributed by atoms with Gasteiger partial charge in [0.2, 0.25) is 5.91 Å². The lowest BCUT2D eigenvalue weighted by atomic mass is 9.98. The summed E-state index contributed by atoms with van der Waals surface area (Å²) in [5.74, 6) is 0.732. The Hall–Kier alpha value is -1.75. The van der Waals surface area contributed by atoms with Gasteiger partial charge >= 0.3 is 0 Å². The fourth-order valence-electron chi connectivity index (χ4n) is 1.64. The van der Waals surface area contributed by atoms with Crippen molar-refractivity contribution in [3.63, 3.8) is 0 Å². The number of nitrogens with two attached hydrogens (primary N) is 1. The number of amides is 1. The molecule has 5 nitrogen and oxygen atoms in total. The molecule has 0 aliphatic rings. The fourth-order valence-corrected chi connectivity index (χ4v) is 1.64. The predicted molar refractivity (Wildman–Crippen MR) is 65.4 cm³/mol. The highest BCUT2D eigenvalue weighted by molar-refractivity contribution is 5.83. The molecule has 1 atom stereocenters. The molecule has 5 heteroatoms. The second-order valence-electron chi connectivity index (χ2n) is 3.52. The molecular formula is C12H18N2O3. The summed E-state index contributed by atoms with van der Waals surface area (Å²) in [6.07, 6.45) is 0. The van der Waals surface area contributed by atoms with E-state index in [9.17, 15) is 4.79 Å². The summed E-state index contributed by atoms with van der Waals surface area (Å²) < 4.78 is 10.3. The Bertz CT molecular complexity index is 393. The van der Waals surface area contributed by atoms with Crippen LogP contribution in [0.25, 0.3) is 0 Å². The van der Waals surface area contributed by atoms with Crippen molar-refractivity contribution in [2.45, 2.75) is 5.92 Å². The van der Waals surface area contributed by atoms with Crippen molar-refractivity contribution in [1.82, 2.24) is 5.32 Å². The van der Waals surface area contributed by atoms with Crippen LogP contribution in [-0.2, 0) is 4.79 Å². The van der Waals surface area contributed by atoms with Crippen LogP contribution in [0, 0.1) is 0 Å². The Balaban J connectivity index is 3.09. The third-order valence-corrected chi connectivity index (χ3v) is 2.61. The normalized spacial score (nSPS) is 11.8. The molecule has 1 rings (SSSR count). The zero-order valence-corrected chi connectivity index (χ0v) is 10.3. The lowest BCUT2D eigenvalue weighted by Crippen LogP contribution is -2.30. The maximum atomic E-state index is 11.6. The summed E-state index contributed by atoms with van der Waals surface area (Å²) in [5.41, 5.74) is 6.42. The van der Waals surface area contributed by atoms with E-state index in [4.69, 9.17) is 15.2 Å². The van der Waals surface area contributed by atoms with Crippen LogP contribution in [0.4, 0.5) is 0 Å². The lowest BCUT2D eigenvalue weighted by Gasteiger charge is -2.15. The molecule has 0 aliphatic heterocycles. The van der Waals surface area contributed by atoms with Crippen LogP contribution in [0.15, 0.2) is 18.2 Å². The fraction of sp³-hybridized carbons (Fsp3) is 0.417. The maximum absolute atomic E-state index is 11.6. The summed E-state index contributed by atoms with van der Waals surface area (Å²) in [7, 11) is 4.71. The molecule has 1 aromatic rings. The number of hydrogen-bond acceptors (Lipinski definition) is 4. The van der Waals surface area contributed by atoms with Gasteiger partial charge in [0.15, 0.2) is 11.5 Å². The van der Waals surface area contributed by atoms with Crippen LogP contribution in [0.1, 0.15) is 11.5 Å². The highest BCUT2D eigenvalue weighted by atomic mass is 16.5. The monoisotopic (exact) mass is 238 g/mol. The second kappa shape index (κ2) is 6.10. The minimum atomic E-state index is -0.375. The van der Waals surface area contributed by atoms with Gasteiger partial charge in [-0.2, -0.15) is 0 Å². The molecule has 0 fully saturated rings. The van der Waals surface area contributed by atoms with Gasteiger partial charge in [-0.25, -0.2) is 0 Å². The van der Waals surface area contributed by atoms with E-state index in [1.807, 2.05) is 6.07 Å². The first-order valence-electron chi connectivity index (χ1n) is 5.31. The molecule has 0 aromatic heterocycles. The van der Waals surface area contributed by atoms with E-state index in [1.165, 1.54) is 0 Å². The Labute approximate surface area is 101 Å². The predicted octanol–water partition coefficient (Wildman–Crippen LogP) is 0.492. The Morgan fingerprint density at radius 2 is 2.00 bits per heavy atom. The molecule has 1 aromatic carbocycles. The van der Waals surface area contributed by atoms with E-state index in [1.54, 1.807) is 33.4 Å². The zero-order chi connectivity index (χ0) is 12.8. The number of rotatable bonds is 5. The van der Waals surface area contributed by atoms with E-state index in [0.29, 0.717) is 11.5 Å². The summed E-state index contributed by atoms with van der Waals surface area (Å²) in [4.78, 5) is 11.6. The van der Waals surface area contributed by atoms with Gasteiger partial charge < -0.3 is 20.5 Å². The topological polar surface area (TPSA) is 73.6 Å². The third kappa shape index (κ3) is 2.88. The molecule has 17 heavy (non-hydrogen) atoms. The number of benzene rings is 1. The molecule has 0 spiro atoms. The molecule has 0 radical (unpaired) electrons. The smallest absolute Gasteiger partial charge is 0.228 e. The molecule has 0 aliphatic carbocycles. The Kier molecular flexibility index (Phi) is 4.78. The zero-order valence-electron chi connectivity index (χ0n) is 10.3. The molecule has 0 saturated heterocycles. The first-order valence-corrected chi connectivity index (χ1v) is 5.31. The lowest BCUT2D eigenvalue weighted by molar-refractivity contribution is -0.121. The minimum absolute atomic E-state index is 0.111. The van der Waals surface area contributed by atoms with Crippen molar-refractivity contribution < 1.29 is 14.3 Å². The van der Waals surface area contributed by atoms with Crippen LogP contribution < -0.4 is 20.5 Å². The largest absolute Gasteiger partial charge is 0.493 e. The SMILES string of the molecule is CNC(=O)C(CN)c1ccc(OC)c(OC)c1. The van der Waals surface area contributed by atoms with Crippen LogP contribution in [0.3, 0.4) is 0 Å². The second-order valence-corrected chi connectivity index (χ2v) is 3.52. The van der Waals surface area contributed by atoms with Crippen molar-refractivity contribution in [2.75, 3.05) is 27.8 Å². The molecule has 3 N–H and O–H groups in total. The minimum Gasteiger partial charge on any atom is -0.493 e. The number of nitrogens with one attached hydrogen (secondary N) is 1.